The summed E-state index contributed by atoms with van der Waals surface area (Å²) in [4.78, 5) is 36.3. The van der Waals surface area contributed by atoms with Crippen molar-refractivity contribution in [2.45, 2.75) is 57.3 Å². The molecule has 2 aromatic rings. The van der Waals surface area contributed by atoms with E-state index in [1.54, 1.807) is 48.5 Å². The van der Waals surface area contributed by atoms with E-state index >= 15 is 0 Å². The van der Waals surface area contributed by atoms with Gasteiger partial charge < -0.3 is 14.8 Å². The molecule has 6 nitrogen and oxygen atoms in total. The van der Waals surface area contributed by atoms with Gasteiger partial charge in [0.05, 0.1) is 0 Å². The van der Waals surface area contributed by atoms with E-state index in [4.69, 9.17) is 32.7 Å². The van der Waals surface area contributed by atoms with Crippen molar-refractivity contribution in [3.63, 3.8) is 0 Å². The molecule has 1 N–H and O–H groups in total. The number of hydrogen-bond donors (Lipinski definition) is 1. The van der Waals surface area contributed by atoms with Crippen LogP contribution in [-0.2, 0) is 37.1 Å². The summed E-state index contributed by atoms with van der Waals surface area (Å²) in [6.07, 6.45) is 2.05. The Hall–Kier alpha value is -2.57. The summed E-state index contributed by atoms with van der Waals surface area (Å²) in [5, 5.41) is 4.19. The first-order chi connectivity index (χ1) is 15.3. The normalized spacial score (nSPS) is 14.6. The molecule has 170 valence electrons. The second-order valence-electron chi connectivity index (χ2n) is 7.90. The van der Waals surface area contributed by atoms with Crippen molar-refractivity contribution in [2.24, 2.45) is 0 Å². The Bertz CT molecular complexity index is 878. The van der Waals surface area contributed by atoms with Crippen molar-refractivity contribution in [1.82, 2.24) is 5.32 Å². The fourth-order valence-corrected chi connectivity index (χ4v) is 3.84. The molecule has 1 fully saturated rings. The lowest BCUT2D eigenvalue weighted by Gasteiger charge is -2.28. The lowest BCUT2D eigenvalue weighted by Crippen LogP contribution is -2.42. The van der Waals surface area contributed by atoms with Crippen molar-refractivity contribution < 1.29 is 23.9 Å². The monoisotopic (exact) mass is 477 g/mol. The number of hydrogen-bond acceptors (Lipinski definition) is 5. The molecule has 0 aliphatic carbocycles. The highest BCUT2D eigenvalue weighted by Crippen LogP contribution is 2.30. The van der Waals surface area contributed by atoms with Crippen LogP contribution in [0.5, 0.6) is 0 Å². The van der Waals surface area contributed by atoms with E-state index in [1.165, 1.54) is 0 Å². The highest BCUT2D eigenvalue weighted by atomic mass is 35.5. The number of esters is 2. The van der Waals surface area contributed by atoms with E-state index in [1.807, 2.05) is 0 Å². The molecule has 2 aromatic carbocycles. The van der Waals surface area contributed by atoms with E-state index in [0.29, 0.717) is 35.7 Å². The van der Waals surface area contributed by atoms with E-state index in [9.17, 15) is 14.4 Å². The first-order valence-corrected chi connectivity index (χ1v) is 11.2. The molecule has 0 radical (unpaired) electrons. The Morgan fingerprint density at radius 1 is 0.812 bits per heavy atom. The highest BCUT2D eigenvalue weighted by Gasteiger charge is 2.38. The summed E-state index contributed by atoms with van der Waals surface area (Å²) in [5.41, 5.74) is 1.08. The molecule has 0 spiro atoms. The molecule has 1 saturated heterocycles. The average Bonchev–Trinajstić information content (AvgIpc) is 3.16. The number of carbonyl (C=O) groups is 3. The molecule has 0 bridgehead atoms. The zero-order chi connectivity index (χ0) is 23.0. The first-order valence-electron chi connectivity index (χ1n) is 10.4. The number of ether oxygens (including phenoxy) is 2. The van der Waals surface area contributed by atoms with Gasteiger partial charge in [0, 0.05) is 34.8 Å². The molecule has 3 rings (SSSR count). The van der Waals surface area contributed by atoms with Crippen LogP contribution in [0.15, 0.2) is 48.5 Å². The maximum Gasteiger partial charge on any atom is 0.306 e. The molecule has 1 amide bonds. The van der Waals surface area contributed by atoms with Crippen LogP contribution in [-0.4, -0.2) is 23.4 Å². The van der Waals surface area contributed by atoms with Gasteiger partial charge in [0.15, 0.2) is 0 Å². The van der Waals surface area contributed by atoms with Gasteiger partial charge in [-0.05, 0) is 54.7 Å². The molecule has 0 aromatic heterocycles. The van der Waals surface area contributed by atoms with Gasteiger partial charge in [0.1, 0.15) is 13.2 Å². The van der Waals surface area contributed by atoms with Crippen LogP contribution in [0.2, 0.25) is 10.0 Å². The Kier molecular flexibility index (Phi) is 8.53. The topological polar surface area (TPSA) is 81.7 Å². The summed E-state index contributed by atoms with van der Waals surface area (Å²) in [7, 11) is 0. The third-order valence-corrected chi connectivity index (χ3v) is 5.98. The summed E-state index contributed by atoms with van der Waals surface area (Å²) < 4.78 is 10.7. The van der Waals surface area contributed by atoms with Crippen LogP contribution in [0.25, 0.3) is 0 Å². The van der Waals surface area contributed by atoms with E-state index in [-0.39, 0.29) is 43.9 Å². The Morgan fingerprint density at radius 2 is 1.25 bits per heavy atom. The standard InChI is InChI=1S/C24H25Cl2NO5/c25-19-5-1-17(2-6-19)15-31-22(29)10-13-24(12-9-21(28)27-24)14-11-23(30)32-16-18-3-7-20(26)8-4-18/h1-8H,9-16H2,(H,27,28). The number of rotatable bonds is 10. The van der Waals surface area contributed by atoms with E-state index in [2.05, 4.69) is 5.32 Å². The van der Waals surface area contributed by atoms with Crippen LogP contribution in [0, 0.1) is 0 Å². The molecule has 1 aliphatic rings. The smallest absolute Gasteiger partial charge is 0.306 e. The zero-order valence-electron chi connectivity index (χ0n) is 17.6. The van der Waals surface area contributed by atoms with Crippen LogP contribution < -0.4 is 5.32 Å². The second kappa shape index (κ2) is 11.3. The minimum Gasteiger partial charge on any atom is -0.461 e. The molecule has 32 heavy (non-hydrogen) atoms. The van der Waals surface area contributed by atoms with Gasteiger partial charge in [-0.15, -0.1) is 0 Å². The van der Waals surface area contributed by atoms with Crippen molar-refractivity contribution in [2.75, 3.05) is 0 Å². The van der Waals surface area contributed by atoms with Gasteiger partial charge in [0.25, 0.3) is 0 Å². The number of benzene rings is 2. The largest absolute Gasteiger partial charge is 0.461 e. The van der Waals surface area contributed by atoms with Crippen LogP contribution in [0.4, 0.5) is 0 Å². The van der Waals surface area contributed by atoms with Crippen LogP contribution >= 0.6 is 23.2 Å². The second-order valence-corrected chi connectivity index (χ2v) is 8.78. The first kappa shape index (κ1) is 24.1. The Balaban J connectivity index is 1.45. The predicted octanol–water partition coefficient (Wildman–Crippen LogP) is 4.99. The highest BCUT2D eigenvalue weighted by molar-refractivity contribution is 6.30. The van der Waals surface area contributed by atoms with Gasteiger partial charge in [-0.1, -0.05) is 47.5 Å². The number of amides is 1. The van der Waals surface area contributed by atoms with Crippen molar-refractivity contribution in [3.05, 3.63) is 69.7 Å². The van der Waals surface area contributed by atoms with Gasteiger partial charge in [-0.25, -0.2) is 0 Å². The fraction of sp³-hybridized carbons (Fsp3) is 0.375. The SMILES string of the molecule is O=C1CCC(CCC(=O)OCc2ccc(Cl)cc2)(CCC(=O)OCc2ccc(Cl)cc2)N1. The van der Waals surface area contributed by atoms with E-state index in [0.717, 1.165) is 11.1 Å². The van der Waals surface area contributed by atoms with Crippen molar-refractivity contribution in [3.8, 4) is 0 Å². The molecular formula is C24H25Cl2NO5. The van der Waals surface area contributed by atoms with E-state index < -0.39 is 5.54 Å². The quantitative estimate of drug-likeness (QED) is 0.487. The van der Waals surface area contributed by atoms with Gasteiger partial charge >= 0.3 is 11.9 Å². The third kappa shape index (κ3) is 7.53. The number of halogens is 2. The van der Waals surface area contributed by atoms with Crippen molar-refractivity contribution in [1.29, 1.82) is 0 Å². The van der Waals surface area contributed by atoms with Crippen LogP contribution in [0.1, 0.15) is 49.7 Å². The third-order valence-electron chi connectivity index (χ3n) is 5.48. The Morgan fingerprint density at radius 3 is 1.62 bits per heavy atom. The zero-order valence-corrected chi connectivity index (χ0v) is 19.1. The Labute approximate surface area is 197 Å². The number of nitrogens with one attached hydrogen (secondary N) is 1. The van der Waals surface area contributed by atoms with Crippen molar-refractivity contribution >= 4 is 41.0 Å². The average molecular weight is 478 g/mol. The molecule has 0 saturated carbocycles. The molecule has 0 unspecified atom stereocenters. The van der Waals surface area contributed by atoms with Crippen LogP contribution in [0.3, 0.4) is 0 Å². The molecule has 1 heterocycles. The summed E-state index contributed by atoms with van der Waals surface area (Å²) >= 11 is 11.7. The minimum absolute atomic E-state index is 0.0749. The molecule has 8 heteroatoms. The molecule has 0 atom stereocenters. The minimum atomic E-state index is -0.602. The fourth-order valence-electron chi connectivity index (χ4n) is 3.59. The summed E-state index contributed by atoms with van der Waals surface area (Å²) in [5.74, 6) is -0.786. The molecule has 1 aliphatic heterocycles. The summed E-state index contributed by atoms with van der Waals surface area (Å²) in [6.45, 7) is 0.318. The molecular weight excluding hydrogens is 453 g/mol. The van der Waals surface area contributed by atoms with Gasteiger partial charge in [0.2, 0.25) is 5.91 Å². The maximum atomic E-state index is 12.2. The maximum absolute atomic E-state index is 12.2. The predicted molar refractivity (Wildman–Crippen MR) is 121 cm³/mol. The lowest BCUT2D eigenvalue weighted by molar-refractivity contribution is -0.145. The van der Waals surface area contributed by atoms with Gasteiger partial charge in [-0.3, -0.25) is 14.4 Å². The lowest BCUT2D eigenvalue weighted by atomic mass is 9.87. The number of carbonyl (C=O) groups excluding carboxylic acids is 3. The van der Waals surface area contributed by atoms with Gasteiger partial charge in [-0.2, -0.15) is 0 Å². The summed E-state index contributed by atoms with van der Waals surface area (Å²) in [6, 6.07) is 14.1.